The molecule has 0 aliphatic heterocycles. The van der Waals surface area contributed by atoms with E-state index in [1.165, 1.54) is 23.1 Å². The van der Waals surface area contributed by atoms with Gasteiger partial charge in [0.1, 0.15) is 5.76 Å². The molecule has 2 heterocycles. The van der Waals surface area contributed by atoms with Crippen molar-refractivity contribution in [2.45, 2.75) is 6.92 Å². The van der Waals surface area contributed by atoms with Crippen molar-refractivity contribution < 1.29 is 28.3 Å². The molecule has 11 nitrogen and oxygen atoms in total. The normalized spacial score (nSPS) is 11.1. The molecule has 1 N–H and O–H groups in total. The summed E-state index contributed by atoms with van der Waals surface area (Å²) in [5.41, 5.74) is 0.997. The van der Waals surface area contributed by atoms with E-state index in [9.17, 15) is 14.4 Å². The lowest BCUT2D eigenvalue weighted by Gasteiger charge is -2.12. The molecule has 1 amide bonds. The monoisotopic (exact) mass is 487 g/mol. The Labute approximate surface area is 205 Å². The van der Waals surface area contributed by atoms with Crippen molar-refractivity contribution in [1.82, 2.24) is 20.2 Å². The number of carbonyl (C=O) groups is 3. The van der Waals surface area contributed by atoms with Gasteiger partial charge in [0.25, 0.3) is 5.91 Å². The Balaban J connectivity index is 1.53. The van der Waals surface area contributed by atoms with Crippen LogP contribution in [0.15, 0.2) is 77.4 Å². The maximum atomic E-state index is 13.1. The van der Waals surface area contributed by atoms with Gasteiger partial charge in [0.05, 0.1) is 24.1 Å². The highest BCUT2D eigenvalue weighted by Crippen LogP contribution is 2.21. The number of para-hydroxylation sites is 1. The lowest BCUT2D eigenvalue weighted by molar-refractivity contribution is -0.141. The summed E-state index contributed by atoms with van der Waals surface area (Å²) in [4.78, 5) is 37.7. The molecule has 0 aliphatic carbocycles. The van der Waals surface area contributed by atoms with E-state index in [2.05, 4.69) is 20.8 Å². The highest BCUT2D eigenvalue weighted by Gasteiger charge is 2.22. The van der Waals surface area contributed by atoms with Crippen LogP contribution in [0, 0.1) is 0 Å². The van der Waals surface area contributed by atoms with E-state index in [0.29, 0.717) is 11.3 Å². The Hall–Kier alpha value is -5.06. The molecule has 182 valence electrons. The van der Waals surface area contributed by atoms with Crippen LogP contribution in [-0.4, -0.2) is 51.3 Å². The van der Waals surface area contributed by atoms with Crippen LogP contribution in [0.4, 0.5) is 5.69 Å². The van der Waals surface area contributed by atoms with Crippen LogP contribution in [0.25, 0.3) is 23.2 Å². The Kier molecular flexibility index (Phi) is 7.61. The fourth-order valence-corrected chi connectivity index (χ4v) is 3.20. The number of esters is 2. The number of hydrogen-bond acceptors (Lipinski definition) is 9. The van der Waals surface area contributed by atoms with Gasteiger partial charge in [0.15, 0.2) is 18.1 Å². The first-order valence-electron chi connectivity index (χ1n) is 10.9. The van der Waals surface area contributed by atoms with E-state index in [1.54, 1.807) is 61.5 Å². The number of aromatic nitrogens is 4. The Bertz CT molecular complexity index is 1380. The number of anilines is 1. The Morgan fingerprint density at radius 2 is 1.78 bits per heavy atom. The summed E-state index contributed by atoms with van der Waals surface area (Å²) in [6.07, 6.45) is 2.85. The van der Waals surface area contributed by atoms with Gasteiger partial charge in [-0.15, -0.1) is 5.10 Å². The first-order valence-corrected chi connectivity index (χ1v) is 10.9. The number of nitrogens with one attached hydrogen (secondary N) is 1. The summed E-state index contributed by atoms with van der Waals surface area (Å²) in [6, 6.07) is 18.7. The summed E-state index contributed by atoms with van der Waals surface area (Å²) in [6.45, 7) is 1.24. The zero-order valence-corrected chi connectivity index (χ0v) is 19.2. The second-order valence-corrected chi connectivity index (χ2v) is 7.22. The molecule has 2 aromatic heterocycles. The van der Waals surface area contributed by atoms with Crippen LogP contribution in [0.2, 0.25) is 0 Å². The first kappa shape index (κ1) is 24.1. The fraction of sp³-hybridized carbons (Fsp3) is 0.120. The minimum atomic E-state index is -0.871. The van der Waals surface area contributed by atoms with Gasteiger partial charge in [-0.3, -0.25) is 4.79 Å². The molecule has 0 bridgehead atoms. The largest absolute Gasteiger partial charge is 0.465 e. The lowest BCUT2D eigenvalue weighted by atomic mass is 10.2. The smallest absolute Gasteiger partial charge is 0.357 e. The van der Waals surface area contributed by atoms with Crippen LogP contribution in [-0.2, 0) is 19.1 Å². The molecule has 0 fully saturated rings. The zero-order chi connectivity index (χ0) is 25.3. The van der Waals surface area contributed by atoms with E-state index < -0.39 is 24.5 Å². The zero-order valence-electron chi connectivity index (χ0n) is 19.2. The molecule has 0 saturated carbocycles. The SMILES string of the molecule is CCOC(=O)c1ccccc1NC(=O)COC(=O)C(=Cc1ccco1)n1nnnc1-c1ccccc1. The second-order valence-electron chi connectivity index (χ2n) is 7.22. The van der Waals surface area contributed by atoms with Crippen LogP contribution in [0.5, 0.6) is 0 Å². The van der Waals surface area contributed by atoms with Crippen LogP contribution >= 0.6 is 0 Å². The molecule has 4 rings (SSSR count). The molecule has 0 aliphatic rings. The minimum absolute atomic E-state index is 0.0754. The summed E-state index contributed by atoms with van der Waals surface area (Å²) < 4.78 is 16.8. The quantitative estimate of drug-likeness (QED) is 0.278. The molecular formula is C25H21N5O6. The summed E-state index contributed by atoms with van der Waals surface area (Å²) in [5, 5.41) is 14.2. The number of benzene rings is 2. The van der Waals surface area contributed by atoms with Crippen LogP contribution in [0.3, 0.4) is 0 Å². The van der Waals surface area contributed by atoms with Gasteiger partial charge in [-0.05, 0) is 41.6 Å². The van der Waals surface area contributed by atoms with E-state index in [1.807, 2.05) is 6.07 Å². The molecule has 11 heteroatoms. The van der Waals surface area contributed by atoms with E-state index in [0.717, 1.165) is 0 Å². The van der Waals surface area contributed by atoms with Crippen molar-refractivity contribution in [3.63, 3.8) is 0 Å². The predicted octanol–water partition coefficient (Wildman–Crippen LogP) is 3.29. The number of amides is 1. The highest BCUT2D eigenvalue weighted by molar-refractivity contribution is 6.16. The van der Waals surface area contributed by atoms with E-state index in [-0.39, 0.29) is 29.4 Å². The van der Waals surface area contributed by atoms with Crippen molar-refractivity contribution in [3.05, 3.63) is 84.3 Å². The molecule has 0 atom stereocenters. The third kappa shape index (κ3) is 5.70. The number of carbonyl (C=O) groups excluding carboxylic acids is 3. The molecule has 0 radical (unpaired) electrons. The summed E-state index contributed by atoms with van der Waals surface area (Å²) in [5.74, 6) is -1.47. The first-order chi connectivity index (χ1) is 17.6. The fourth-order valence-electron chi connectivity index (χ4n) is 3.20. The minimum Gasteiger partial charge on any atom is -0.465 e. The topological polar surface area (TPSA) is 138 Å². The van der Waals surface area contributed by atoms with E-state index in [4.69, 9.17) is 13.9 Å². The van der Waals surface area contributed by atoms with Gasteiger partial charge in [-0.25, -0.2) is 9.59 Å². The molecule has 4 aromatic rings. The molecule has 0 spiro atoms. The number of hydrogen-bond donors (Lipinski definition) is 1. The van der Waals surface area contributed by atoms with Crippen molar-refractivity contribution in [1.29, 1.82) is 0 Å². The molecule has 0 unspecified atom stereocenters. The predicted molar refractivity (Wildman–Crippen MR) is 128 cm³/mol. The van der Waals surface area contributed by atoms with Gasteiger partial charge < -0.3 is 19.2 Å². The number of rotatable bonds is 9. The third-order valence-corrected chi connectivity index (χ3v) is 4.79. The van der Waals surface area contributed by atoms with Crippen molar-refractivity contribution >= 4 is 35.3 Å². The second kappa shape index (κ2) is 11.4. The molecule has 2 aromatic carbocycles. The van der Waals surface area contributed by atoms with Gasteiger partial charge >= 0.3 is 11.9 Å². The molecule has 36 heavy (non-hydrogen) atoms. The third-order valence-electron chi connectivity index (χ3n) is 4.79. The van der Waals surface area contributed by atoms with Gasteiger partial charge in [0.2, 0.25) is 0 Å². The van der Waals surface area contributed by atoms with Crippen LogP contribution < -0.4 is 5.32 Å². The van der Waals surface area contributed by atoms with Gasteiger partial charge in [-0.2, -0.15) is 4.68 Å². The van der Waals surface area contributed by atoms with Gasteiger partial charge in [0, 0.05) is 11.6 Å². The summed E-state index contributed by atoms with van der Waals surface area (Å²) in [7, 11) is 0. The van der Waals surface area contributed by atoms with Crippen molar-refractivity contribution in [2.24, 2.45) is 0 Å². The number of ether oxygens (including phenoxy) is 2. The molecular weight excluding hydrogens is 466 g/mol. The van der Waals surface area contributed by atoms with Crippen LogP contribution in [0.1, 0.15) is 23.0 Å². The Morgan fingerprint density at radius 1 is 1.00 bits per heavy atom. The maximum absolute atomic E-state index is 13.1. The van der Waals surface area contributed by atoms with Gasteiger partial charge in [-0.1, -0.05) is 42.5 Å². The standard InChI is InChI=1S/C25H21N5O6/c1-2-34-24(32)19-12-6-7-13-20(19)26-22(31)16-36-25(33)21(15-18-11-8-14-35-18)30-23(27-28-29-30)17-9-4-3-5-10-17/h3-15H,2,16H2,1H3,(H,26,31). The Morgan fingerprint density at radius 3 is 2.53 bits per heavy atom. The average molecular weight is 487 g/mol. The number of tetrazole rings is 1. The molecule has 0 saturated heterocycles. The lowest BCUT2D eigenvalue weighted by Crippen LogP contribution is -2.24. The van der Waals surface area contributed by atoms with Crippen molar-refractivity contribution in [3.8, 4) is 11.4 Å². The summed E-state index contributed by atoms with van der Waals surface area (Å²) >= 11 is 0. The average Bonchev–Trinajstić information content (AvgIpc) is 3.59. The highest BCUT2D eigenvalue weighted by atomic mass is 16.5. The van der Waals surface area contributed by atoms with Crippen molar-refractivity contribution in [2.75, 3.05) is 18.5 Å². The van der Waals surface area contributed by atoms with E-state index >= 15 is 0 Å². The number of furan rings is 1. The number of nitrogens with zero attached hydrogens (tertiary/aromatic N) is 4. The maximum Gasteiger partial charge on any atom is 0.357 e.